The molecule has 0 saturated carbocycles. The van der Waals surface area contributed by atoms with Crippen LogP contribution in [0.3, 0.4) is 0 Å². The van der Waals surface area contributed by atoms with Crippen LogP contribution in [0.15, 0.2) is 29.0 Å². The summed E-state index contributed by atoms with van der Waals surface area (Å²) in [7, 11) is 0. The van der Waals surface area contributed by atoms with Gasteiger partial charge in [0.2, 0.25) is 0 Å². The Morgan fingerprint density at radius 2 is 2.21 bits per heavy atom. The quantitative estimate of drug-likeness (QED) is 0.920. The van der Waals surface area contributed by atoms with Gasteiger partial charge in [-0.2, -0.15) is 0 Å². The normalized spacial score (nSPS) is 16.3. The van der Waals surface area contributed by atoms with Crippen molar-refractivity contribution in [3.63, 3.8) is 0 Å². The van der Waals surface area contributed by atoms with Crippen molar-refractivity contribution in [3.8, 4) is 0 Å². The van der Waals surface area contributed by atoms with Crippen LogP contribution in [0.25, 0.3) is 0 Å². The fourth-order valence-electron chi connectivity index (χ4n) is 2.34. The van der Waals surface area contributed by atoms with Crippen LogP contribution in [0.4, 0.5) is 5.69 Å². The third-order valence-electron chi connectivity index (χ3n) is 3.44. The van der Waals surface area contributed by atoms with Gasteiger partial charge in [-0.3, -0.25) is 0 Å². The van der Waals surface area contributed by atoms with Crippen molar-refractivity contribution in [2.45, 2.75) is 26.1 Å². The zero-order chi connectivity index (χ0) is 13.4. The van der Waals surface area contributed by atoms with Crippen LogP contribution in [0.1, 0.15) is 24.4 Å². The van der Waals surface area contributed by atoms with Gasteiger partial charge in [0.05, 0.1) is 12.6 Å². The van der Waals surface area contributed by atoms with Crippen LogP contribution in [0.2, 0.25) is 0 Å². The molecule has 100 valence electrons. The van der Waals surface area contributed by atoms with E-state index in [1.807, 2.05) is 18.2 Å². The molecule has 3 rings (SSSR count). The molecular formula is C13H15BrN4O. The lowest BCUT2D eigenvalue weighted by atomic mass is 10.1. The highest BCUT2D eigenvalue weighted by atomic mass is 79.9. The van der Waals surface area contributed by atoms with E-state index >= 15 is 0 Å². The lowest BCUT2D eigenvalue weighted by molar-refractivity contribution is 0.198. The Morgan fingerprint density at radius 3 is 2.95 bits per heavy atom. The maximum absolute atomic E-state index is 9.64. The van der Waals surface area contributed by atoms with E-state index in [-0.39, 0.29) is 0 Å². The van der Waals surface area contributed by atoms with E-state index in [1.54, 1.807) is 13.3 Å². The largest absolute Gasteiger partial charge is 0.389 e. The summed E-state index contributed by atoms with van der Waals surface area (Å²) in [6.45, 7) is 4.37. The van der Waals surface area contributed by atoms with Crippen LogP contribution < -0.4 is 4.90 Å². The van der Waals surface area contributed by atoms with Gasteiger partial charge in [-0.15, -0.1) is 10.2 Å². The summed E-state index contributed by atoms with van der Waals surface area (Å²) in [5.74, 6) is 0.988. The second-order valence-electron chi connectivity index (χ2n) is 4.74. The molecule has 0 bridgehead atoms. The number of aromatic nitrogens is 3. The summed E-state index contributed by atoms with van der Waals surface area (Å²) >= 11 is 3.52. The minimum absolute atomic E-state index is 0.465. The maximum atomic E-state index is 9.64. The highest BCUT2D eigenvalue weighted by molar-refractivity contribution is 9.10. The van der Waals surface area contributed by atoms with Gasteiger partial charge < -0.3 is 14.6 Å². The number of hydrogen-bond acceptors (Lipinski definition) is 4. The Morgan fingerprint density at radius 1 is 1.37 bits per heavy atom. The second-order valence-corrected chi connectivity index (χ2v) is 5.60. The number of benzene rings is 1. The fraction of sp³-hybridized carbons (Fsp3) is 0.385. The van der Waals surface area contributed by atoms with Crippen molar-refractivity contribution in [1.82, 2.24) is 14.8 Å². The van der Waals surface area contributed by atoms with E-state index in [0.29, 0.717) is 0 Å². The molecule has 0 unspecified atom stereocenters. The zero-order valence-electron chi connectivity index (χ0n) is 10.6. The summed E-state index contributed by atoms with van der Waals surface area (Å²) in [6, 6.07) is 6.05. The maximum Gasteiger partial charge on any atom is 0.152 e. The Balaban J connectivity index is 1.86. The summed E-state index contributed by atoms with van der Waals surface area (Å²) in [6.07, 6.45) is 1.31. The van der Waals surface area contributed by atoms with Crippen LogP contribution in [0.5, 0.6) is 0 Å². The number of aliphatic hydroxyl groups is 1. The first-order chi connectivity index (χ1) is 9.15. The molecule has 0 fully saturated rings. The molecule has 1 aromatic heterocycles. The predicted molar refractivity (Wildman–Crippen MR) is 75.8 cm³/mol. The second kappa shape index (κ2) is 4.94. The first-order valence-corrected chi connectivity index (χ1v) is 7.03. The van der Waals surface area contributed by atoms with Crippen LogP contribution in [-0.2, 0) is 13.1 Å². The van der Waals surface area contributed by atoms with Crippen molar-refractivity contribution in [1.29, 1.82) is 0 Å². The van der Waals surface area contributed by atoms with Gasteiger partial charge in [-0.1, -0.05) is 22.0 Å². The molecule has 0 aliphatic carbocycles. The molecule has 1 atom stereocenters. The van der Waals surface area contributed by atoms with E-state index in [1.165, 1.54) is 0 Å². The molecular weight excluding hydrogens is 308 g/mol. The number of fused-ring (bicyclic) bond motifs is 1. The number of anilines is 1. The van der Waals surface area contributed by atoms with Gasteiger partial charge in [0.25, 0.3) is 0 Å². The Labute approximate surface area is 120 Å². The average Bonchev–Trinajstić information content (AvgIpc) is 2.85. The van der Waals surface area contributed by atoms with Crippen molar-refractivity contribution in [2.75, 3.05) is 11.4 Å². The third-order valence-corrected chi connectivity index (χ3v) is 4.12. The van der Waals surface area contributed by atoms with E-state index in [4.69, 9.17) is 0 Å². The lowest BCUT2D eigenvalue weighted by Gasteiger charge is -2.29. The predicted octanol–water partition coefficient (Wildman–Crippen LogP) is 2.11. The number of aliphatic hydroxyl groups excluding tert-OH is 1. The van der Waals surface area contributed by atoms with E-state index in [0.717, 1.165) is 41.2 Å². The molecule has 0 radical (unpaired) electrons. The lowest BCUT2D eigenvalue weighted by Crippen LogP contribution is -2.33. The molecule has 6 heteroatoms. The molecule has 1 aliphatic heterocycles. The highest BCUT2D eigenvalue weighted by Gasteiger charge is 2.18. The first-order valence-electron chi connectivity index (χ1n) is 6.24. The molecule has 1 N–H and O–H groups in total. The van der Waals surface area contributed by atoms with Gasteiger partial charge >= 0.3 is 0 Å². The van der Waals surface area contributed by atoms with Crippen LogP contribution in [0, 0.1) is 0 Å². The summed E-state index contributed by atoms with van der Waals surface area (Å²) in [4.78, 5) is 2.26. The SMILES string of the molecule is C[C@H](O)c1ccc(N2CCn3cnnc3C2)cc1Br. The van der Waals surface area contributed by atoms with Crippen molar-refractivity contribution in [2.24, 2.45) is 0 Å². The van der Waals surface area contributed by atoms with Gasteiger partial charge in [0.1, 0.15) is 6.33 Å². The summed E-state index contributed by atoms with van der Waals surface area (Å²) in [5, 5.41) is 17.7. The number of halogens is 1. The van der Waals surface area contributed by atoms with E-state index in [9.17, 15) is 5.11 Å². The molecule has 1 aliphatic rings. The van der Waals surface area contributed by atoms with Gasteiger partial charge in [0.15, 0.2) is 5.82 Å². The molecule has 0 saturated heterocycles. The smallest absolute Gasteiger partial charge is 0.152 e. The molecule has 19 heavy (non-hydrogen) atoms. The monoisotopic (exact) mass is 322 g/mol. The van der Waals surface area contributed by atoms with E-state index < -0.39 is 6.10 Å². The topological polar surface area (TPSA) is 54.2 Å². The van der Waals surface area contributed by atoms with E-state index in [2.05, 4.69) is 35.6 Å². The Hall–Kier alpha value is -1.40. The van der Waals surface area contributed by atoms with Crippen molar-refractivity contribution < 1.29 is 5.11 Å². The zero-order valence-corrected chi connectivity index (χ0v) is 12.2. The molecule has 1 aromatic carbocycles. The highest BCUT2D eigenvalue weighted by Crippen LogP contribution is 2.29. The van der Waals surface area contributed by atoms with Gasteiger partial charge in [0, 0.05) is 23.2 Å². The third kappa shape index (κ3) is 2.37. The number of nitrogens with zero attached hydrogens (tertiary/aromatic N) is 4. The fourth-order valence-corrected chi connectivity index (χ4v) is 3.04. The minimum atomic E-state index is -0.465. The van der Waals surface area contributed by atoms with Gasteiger partial charge in [-0.05, 0) is 24.6 Å². The number of hydrogen-bond donors (Lipinski definition) is 1. The average molecular weight is 323 g/mol. The van der Waals surface area contributed by atoms with Crippen molar-refractivity contribution >= 4 is 21.6 Å². The number of rotatable bonds is 2. The molecule has 2 heterocycles. The molecule has 2 aromatic rings. The van der Waals surface area contributed by atoms with Gasteiger partial charge in [-0.25, -0.2) is 0 Å². The summed E-state index contributed by atoms with van der Waals surface area (Å²) in [5.41, 5.74) is 2.04. The summed E-state index contributed by atoms with van der Waals surface area (Å²) < 4.78 is 3.02. The first kappa shape index (κ1) is 12.6. The standard InChI is InChI=1S/C13H15BrN4O/c1-9(19)11-3-2-10(6-12(11)14)17-4-5-18-8-15-16-13(18)7-17/h2-3,6,8-9,19H,4-5,7H2,1H3/t9-/m0/s1. The Bertz CT molecular complexity index is 596. The molecule has 0 amide bonds. The van der Waals surface area contributed by atoms with Crippen LogP contribution in [-0.4, -0.2) is 26.4 Å². The molecule has 0 spiro atoms. The van der Waals surface area contributed by atoms with Crippen LogP contribution >= 0.6 is 15.9 Å². The minimum Gasteiger partial charge on any atom is -0.389 e. The van der Waals surface area contributed by atoms with Crippen molar-refractivity contribution in [3.05, 3.63) is 40.4 Å². The molecule has 5 nitrogen and oxygen atoms in total. The Kier molecular flexibility index (Phi) is 3.28.